The second kappa shape index (κ2) is 1.88. The Labute approximate surface area is 68.6 Å². The first-order valence-corrected chi connectivity index (χ1v) is 5.38. The molecule has 0 aromatic carbocycles. The van der Waals surface area contributed by atoms with E-state index in [9.17, 15) is 0 Å². The molecule has 2 aliphatic rings. The highest BCUT2D eigenvalue weighted by Crippen LogP contribution is 2.46. The van der Waals surface area contributed by atoms with Gasteiger partial charge in [-0.15, -0.1) is 0 Å². The maximum atomic E-state index is 5.68. The zero-order valence-corrected chi connectivity index (χ0v) is 8.53. The van der Waals surface area contributed by atoms with Crippen molar-refractivity contribution in [3.05, 3.63) is 0 Å². The predicted octanol–water partition coefficient (Wildman–Crippen LogP) is 0.706. The lowest BCUT2D eigenvalue weighted by Gasteiger charge is -2.39. The topological polar surface area (TPSA) is 27.7 Å². The second-order valence-electron chi connectivity index (χ2n) is 3.92. The first kappa shape index (κ1) is 7.73. The van der Waals surface area contributed by atoms with E-state index in [1.165, 1.54) is 0 Å². The molecule has 64 valence electrons. The molecule has 0 N–H and O–H groups in total. The Kier molecular flexibility index (Phi) is 1.32. The van der Waals surface area contributed by atoms with E-state index in [0.717, 1.165) is 0 Å². The molecule has 0 spiro atoms. The van der Waals surface area contributed by atoms with Gasteiger partial charge in [0.15, 0.2) is 0 Å². The molecule has 3 unspecified atom stereocenters. The fourth-order valence-corrected chi connectivity index (χ4v) is 4.00. The molecule has 0 aliphatic carbocycles. The van der Waals surface area contributed by atoms with Gasteiger partial charge in [-0.2, -0.15) is 0 Å². The van der Waals surface area contributed by atoms with Crippen molar-refractivity contribution in [1.29, 1.82) is 0 Å². The monoisotopic (exact) mass is 174 g/mol. The van der Waals surface area contributed by atoms with Crippen molar-refractivity contribution in [2.75, 3.05) is 0 Å². The van der Waals surface area contributed by atoms with Gasteiger partial charge in [0.25, 0.3) is 0 Å². The largest absolute Gasteiger partial charge is 0.485 e. The summed E-state index contributed by atoms with van der Waals surface area (Å²) in [4.78, 5) is 0. The van der Waals surface area contributed by atoms with Crippen molar-refractivity contribution < 1.29 is 13.3 Å². The second-order valence-corrected chi connectivity index (χ2v) is 5.24. The minimum Gasteiger partial charge on any atom is -0.370 e. The molecule has 0 saturated carbocycles. The molecule has 11 heavy (non-hydrogen) atoms. The molecule has 0 radical (unpaired) electrons. The van der Waals surface area contributed by atoms with Crippen LogP contribution in [0.1, 0.15) is 27.7 Å². The van der Waals surface area contributed by atoms with Gasteiger partial charge < -0.3 is 13.3 Å². The van der Waals surface area contributed by atoms with Gasteiger partial charge in [0.2, 0.25) is 0 Å². The summed E-state index contributed by atoms with van der Waals surface area (Å²) < 4.78 is 16.8. The molecule has 0 aromatic heterocycles. The summed E-state index contributed by atoms with van der Waals surface area (Å²) in [6.07, 6.45) is 0.183. The smallest absolute Gasteiger partial charge is 0.370 e. The van der Waals surface area contributed by atoms with Crippen LogP contribution in [-0.4, -0.2) is 26.8 Å². The van der Waals surface area contributed by atoms with Crippen molar-refractivity contribution in [3.63, 3.8) is 0 Å². The van der Waals surface area contributed by atoms with Crippen LogP contribution in [0.4, 0.5) is 0 Å². The normalized spacial score (nSPS) is 53.5. The third-order valence-corrected chi connectivity index (χ3v) is 5.11. The van der Waals surface area contributed by atoms with Gasteiger partial charge in [-0.1, -0.05) is 0 Å². The minimum atomic E-state index is -1.74. The van der Waals surface area contributed by atoms with Crippen molar-refractivity contribution in [1.82, 2.24) is 0 Å². The molecule has 2 saturated heterocycles. The van der Waals surface area contributed by atoms with E-state index >= 15 is 0 Å². The average Bonchev–Trinajstić information content (AvgIpc) is 2.16. The van der Waals surface area contributed by atoms with Crippen LogP contribution >= 0.6 is 0 Å². The number of fused-ring (bicyclic) bond motifs is 2. The molecule has 3 nitrogen and oxygen atoms in total. The van der Waals surface area contributed by atoms with Gasteiger partial charge in [-0.05, 0) is 27.7 Å². The van der Waals surface area contributed by atoms with E-state index in [0.29, 0.717) is 0 Å². The summed E-state index contributed by atoms with van der Waals surface area (Å²) in [5.41, 5.74) is -0.383. The van der Waals surface area contributed by atoms with Crippen molar-refractivity contribution in [2.24, 2.45) is 0 Å². The number of hydrogen-bond acceptors (Lipinski definition) is 3. The van der Waals surface area contributed by atoms with Crippen LogP contribution in [0, 0.1) is 0 Å². The highest BCUT2D eigenvalue weighted by molar-refractivity contribution is 6.38. The van der Waals surface area contributed by atoms with Crippen LogP contribution in [0.2, 0.25) is 0 Å². The van der Waals surface area contributed by atoms with E-state index in [-0.39, 0.29) is 17.3 Å². The first-order valence-electron chi connectivity index (χ1n) is 3.97. The van der Waals surface area contributed by atoms with Gasteiger partial charge in [0, 0.05) is 0 Å². The maximum absolute atomic E-state index is 5.68. The summed E-state index contributed by atoms with van der Waals surface area (Å²) >= 11 is 0. The van der Waals surface area contributed by atoms with Gasteiger partial charge in [-0.25, -0.2) is 0 Å². The highest BCUT2D eigenvalue weighted by atomic mass is 28.3. The standard InChI is InChI=1S/C7H14O3Si/c1-5-7(4)6(2,3)9-11(8-5)10-7/h5,11H,1-4H3. The average molecular weight is 174 g/mol. The zero-order chi connectivity index (χ0) is 8.28. The van der Waals surface area contributed by atoms with Crippen LogP contribution in [-0.2, 0) is 13.3 Å². The SMILES string of the molecule is CC1O[SiH]2OC(C)(C)C1(C)O2. The van der Waals surface area contributed by atoms with E-state index in [4.69, 9.17) is 13.3 Å². The van der Waals surface area contributed by atoms with Crippen LogP contribution in [0.3, 0.4) is 0 Å². The molecular weight excluding hydrogens is 160 g/mol. The molecule has 2 fully saturated rings. The van der Waals surface area contributed by atoms with Gasteiger partial charge in [0.05, 0.1) is 11.7 Å². The lowest BCUT2D eigenvalue weighted by atomic mass is 9.84. The molecule has 4 heteroatoms. The van der Waals surface area contributed by atoms with E-state index < -0.39 is 9.53 Å². The molecule has 2 aliphatic heterocycles. The summed E-state index contributed by atoms with van der Waals surface area (Å²) in [5.74, 6) is 0. The zero-order valence-electron chi connectivity index (χ0n) is 7.38. The Morgan fingerprint density at radius 1 is 1.18 bits per heavy atom. The Morgan fingerprint density at radius 3 is 2.09 bits per heavy atom. The Hall–Kier alpha value is 0.0969. The summed E-state index contributed by atoms with van der Waals surface area (Å²) in [7, 11) is -1.74. The predicted molar refractivity (Wildman–Crippen MR) is 42.4 cm³/mol. The Morgan fingerprint density at radius 2 is 1.82 bits per heavy atom. The fraction of sp³-hybridized carbons (Fsp3) is 1.00. The third kappa shape index (κ3) is 0.782. The van der Waals surface area contributed by atoms with Crippen LogP contribution in [0.15, 0.2) is 0 Å². The number of hydrogen-bond donors (Lipinski definition) is 0. The van der Waals surface area contributed by atoms with Crippen LogP contribution in [0.25, 0.3) is 0 Å². The molecule has 2 rings (SSSR count). The van der Waals surface area contributed by atoms with Crippen LogP contribution < -0.4 is 0 Å². The fourth-order valence-electron chi connectivity index (χ4n) is 1.66. The highest BCUT2D eigenvalue weighted by Gasteiger charge is 2.63. The summed E-state index contributed by atoms with van der Waals surface area (Å²) in [5, 5.41) is 0. The Bertz CT molecular complexity index is 194. The van der Waals surface area contributed by atoms with Gasteiger partial charge in [0.1, 0.15) is 5.60 Å². The molecular formula is C7H14O3Si. The van der Waals surface area contributed by atoms with Crippen molar-refractivity contribution >= 4 is 9.53 Å². The van der Waals surface area contributed by atoms with E-state index in [2.05, 4.69) is 27.7 Å². The van der Waals surface area contributed by atoms with Crippen LogP contribution in [0.5, 0.6) is 0 Å². The molecule has 0 amide bonds. The van der Waals surface area contributed by atoms with Crippen molar-refractivity contribution in [3.8, 4) is 0 Å². The van der Waals surface area contributed by atoms with E-state index in [1.807, 2.05) is 0 Å². The minimum absolute atomic E-state index is 0.165. The first-order chi connectivity index (χ1) is 4.96. The molecule has 0 aromatic rings. The van der Waals surface area contributed by atoms with Gasteiger partial charge >= 0.3 is 9.53 Å². The van der Waals surface area contributed by atoms with Gasteiger partial charge in [-0.3, -0.25) is 0 Å². The molecule has 2 heterocycles. The number of rotatable bonds is 0. The van der Waals surface area contributed by atoms with E-state index in [1.54, 1.807) is 0 Å². The lowest BCUT2D eigenvalue weighted by Crippen LogP contribution is -2.53. The quantitative estimate of drug-likeness (QED) is 0.506. The molecule has 2 bridgehead atoms. The summed E-state index contributed by atoms with van der Waals surface area (Å²) in [6, 6.07) is 0. The lowest BCUT2D eigenvalue weighted by molar-refractivity contribution is -0.0793. The third-order valence-electron chi connectivity index (χ3n) is 3.02. The maximum Gasteiger partial charge on any atom is 0.485 e. The Balaban J connectivity index is 2.34. The molecule has 3 atom stereocenters. The van der Waals surface area contributed by atoms with Crippen molar-refractivity contribution in [2.45, 2.75) is 45.0 Å². The summed E-state index contributed by atoms with van der Waals surface area (Å²) in [6.45, 7) is 8.26.